The maximum absolute atomic E-state index is 12.0. The van der Waals surface area contributed by atoms with Crippen LogP contribution in [0.1, 0.15) is 12.8 Å². The van der Waals surface area contributed by atoms with E-state index in [9.17, 15) is 8.42 Å². The molecule has 1 fully saturated rings. The third-order valence-electron chi connectivity index (χ3n) is 2.99. The highest BCUT2D eigenvalue weighted by Crippen LogP contribution is 2.15. The molecule has 1 aliphatic rings. The van der Waals surface area contributed by atoms with Crippen molar-refractivity contribution in [2.24, 2.45) is 5.92 Å². The number of nitrogens with one attached hydrogen (secondary N) is 1. The quantitative estimate of drug-likeness (QED) is 0.799. The van der Waals surface area contributed by atoms with Gasteiger partial charge >= 0.3 is 0 Å². The van der Waals surface area contributed by atoms with Gasteiger partial charge in [-0.3, -0.25) is 0 Å². The lowest BCUT2D eigenvalue weighted by Crippen LogP contribution is -2.33. The number of anilines is 1. The zero-order valence-corrected chi connectivity index (χ0v) is 10.9. The van der Waals surface area contributed by atoms with Crippen LogP contribution in [0.4, 0.5) is 5.69 Å². The summed E-state index contributed by atoms with van der Waals surface area (Å²) in [6.07, 6.45) is 1.99. The first-order valence-electron chi connectivity index (χ1n) is 6.01. The van der Waals surface area contributed by atoms with E-state index in [1.54, 1.807) is 12.1 Å². The fourth-order valence-electron chi connectivity index (χ4n) is 1.96. The van der Waals surface area contributed by atoms with Crippen LogP contribution in [0.2, 0.25) is 0 Å². The van der Waals surface area contributed by atoms with E-state index in [-0.39, 0.29) is 10.8 Å². The van der Waals surface area contributed by atoms with Crippen molar-refractivity contribution >= 4 is 15.7 Å². The van der Waals surface area contributed by atoms with Crippen LogP contribution in [0.15, 0.2) is 29.2 Å². The van der Waals surface area contributed by atoms with Gasteiger partial charge in [-0.2, -0.15) is 0 Å². The molecule has 0 spiro atoms. The topological polar surface area (TPSA) is 81.4 Å². The van der Waals surface area contributed by atoms with Crippen molar-refractivity contribution in [1.29, 1.82) is 0 Å². The van der Waals surface area contributed by atoms with Gasteiger partial charge < -0.3 is 10.5 Å². The predicted molar refractivity (Wildman–Crippen MR) is 69.6 cm³/mol. The van der Waals surface area contributed by atoms with Crippen LogP contribution in [0.25, 0.3) is 0 Å². The summed E-state index contributed by atoms with van der Waals surface area (Å²) in [7, 11) is -3.47. The van der Waals surface area contributed by atoms with Gasteiger partial charge in [0.05, 0.1) is 11.5 Å². The molecule has 0 amide bonds. The van der Waals surface area contributed by atoms with Gasteiger partial charge in [0.15, 0.2) is 0 Å². The number of nitrogens with two attached hydrogens (primary N) is 1. The van der Waals surface area contributed by atoms with Gasteiger partial charge in [-0.25, -0.2) is 13.1 Å². The van der Waals surface area contributed by atoms with Crippen LogP contribution in [-0.4, -0.2) is 28.2 Å². The van der Waals surface area contributed by atoms with E-state index < -0.39 is 10.0 Å². The number of nitrogen functional groups attached to an aromatic ring is 1. The molecule has 0 radical (unpaired) electrons. The summed E-state index contributed by atoms with van der Waals surface area (Å²) in [5, 5.41) is 0. The number of rotatable bonds is 4. The Morgan fingerprint density at radius 2 is 2.28 bits per heavy atom. The Morgan fingerprint density at radius 1 is 1.44 bits per heavy atom. The Labute approximate surface area is 107 Å². The number of hydrogen-bond acceptors (Lipinski definition) is 4. The standard InChI is InChI=1S/C12H18N2O3S/c13-11-4-1-5-12(7-11)18(15,16)14-8-10-3-2-6-17-9-10/h1,4-5,7,10,14H,2-3,6,8-9,13H2. The van der Waals surface area contributed by atoms with Crippen molar-refractivity contribution in [3.05, 3.63) is 24.3 Å². The van der Waals surface area contributed by atoms with Gasteiger partial charge in [0.1, 0.15) is 0 Å². The Morgan fingerprint density at radius 3 is 2.94 bits per heavy atom. The number of benzene rings is 1. The first kappa shape index (κ1) is 13.3. The molecule has 100 valence electrons. The largest absolute Gasteiger partial charge is 0.399 e. The summed E-state index contributed by atoms with van der Waals surface area (Å²) in [6.45, 7) is 1.81. The third kappa shape index (κ3) is 3.44. The average Bonchev–Trinajstić information content (AvgIpc) is 2.38. The van der Waals surface area contributed by atoms with E-state index in [0.29, 0.717) is 18.8 Å². The van der Waals surface area contributed by atoms with Crippen LogP contribution in [-0.2, 0) is 14.8 Å². The molecule has 1 aromatic carbocycles. The van der Waals surface area contributed by atoms with Crippen molar-refractivity contribution in [2.75, 3.05) is 25.5 Å². The van der Waals surface area contributed by atoms with E-state index in [4.69, 9.17) is 10.5 Å². The predicted octanol–water partition coefficient (Wildman–Crippen LogP) is 0.974. The van der Waals surface area contributed by atoms with Crippen molar-refractivity contribution in [3.63, 3.8) is 0 Å². The monoisotopic (exact) mass is 270 g/mol. The first-order chi connectivity index (χ1) is 8.58. The number of sulfonamides is 1. The average molecular weight is 270 g/mol. The molecule has 2 rings (SSSR count). The van der Waals surface area contributed by atoms with Crippen LogP contribution in [0, 0.1) is 5.92 Å². The lowest BCUT2D eigenvalue weighted by Gasteiger charge is -2.22. The second-order valence-electron chi connectivity index (χ2n) is 4.51. The summed E-state index contributed by atoms with van der Waals surface area (Å²) in [5.41, 5.74) is 6.03. The van der Waals surface area contributed by atoms with Crippen molar-refractivity contribution in [1.82, 2.24) is 4.72 Å². The molecule has 1 unspecified atom stereocenters. The molecule has 6 heteroatoms. The minimum atomic E-state index is -3.47. The minimum absolute atomic E-state index is 0.208. The second kappa shape index (κ2) is 5.69. The van der Waals surface area contributed by atoms with Crippen LogP contribution in [0.5, 0.6) is 0 Å². The molecule has 3 N–H and O–H groups in total. The Bertz CT molecular complexity index is 496. The lowest BCUT2D eigenvalue weighted by atomic mass is 10.0. The van der Waals surface area contributed by atoms with E-state index in [1.165, 1.54) is 12.1 Å². The highest BCUT2D eigenvalue weighted by Gasteiger charge is 2.19. The molecule has 1 heterocycles. The highest BCUT2D eigenvalue weighted by molar-refractivity contribution is 7.89. The summed E-state index contributed by atoms with van der Waals surface area (Å²) < 4.78 is 32.0. The van der Waals surface area contributed by atoms with Gasteiger partial charge in [-0.15, -0.1) is 0 Å². The maximum atomic E-state index is 12.0. The lowest BCUT2D eigenvalue weighted by molar-refractivity contribution is 0.0568. The molecule has 1 atom stereocenters. The molecule has 0 bridgehead atoms. The fourth-order valence-corrected chi connectivity index (χ4v) is 3.13. The van der Waals surface area contributed by atoms with Crippen LogP contribution >= 0.6 is 0 Å². The smallest absolute Gasteiger partial charge is 0.240 e. The molecule has 1 saturated heterocycles. The van der Waals surface area contributed by atoms with Crippen LogP contribution < -0.4 is 10.5 Å². The zero-order chi connectivity index (χ0) is 13.0. The third-order valence-corrected chi connectivity index (χ3v) is 4.41. The molecule has 0 saturated carbocycles. The summed E-state index contributed by atoms with van der Waals surface area (Å²) in [4.78, 5) is 0.208. The van der Waals surface area contributed by atoms with Crippen molar-refractivity contribution < 1.29 is 13.2 Å². The Balaban J connectivity index is 1.98. The molecule has 18 heavy (non-hydrogen) atoms. The zero-order valence-electron chi connectivity index (χ0n) is 10.1. The molecule has 0 aromatic heterocycles. The molecule has 5 nitrogen and oxygen atoms in total. The SMILES string of the molecule is Nc1cccc(S(=O)(=O)NCC2CCCOC2)c1. The number of hydrogen-bond donors (Lipinski definition) is 2. The minimum Gasteiger partial charge on any atom is -0.399 e. The van der Waals surface area contributed by atoms with E-state index in [2.05, 4.69) is 4.72 Å². The number of ether oxygens (including phenoxy) is 1. The molecule has 1 aliphatic heterocycles. The van der Waals surface area contributed by atoms with E-state index in [1.807, 2.05) is 0 Å². The first-order valence-corrected chi connectivity index (χ1v) is 7.49. The van der Waals surface area contributed by atoms with Gasteiger partial charge in [-0.1, -0.05) is 6.07 Å². The van der Waals surface area contributed by atoms with E-state index in [0.717, 1.165) is 19.4 Å². The van der Waals surface area contributed by atoms with Gasteiger partial charge in [0.2, 0.25) is 10.0 Å². The molecular weight excluding hydrogens is 252 g/mol. The van der Waals surface area contributed by atoms with Gasteiger partial charge in [0.25, 0.3) is 0 Å². The van der Waals surface area contributed by atoms with Crippen LogP contribution in [0.3, 0.4) is 0 Å². The van der Waals surface area contributed by atoms with Crippen molar-refractivity contribution in [2.45, 2.75) is 17.7 Å². The Kier molecular flexibility index (Phi) is 4.21. The van der Waals surface area contributed by atoms with Gasteiger partial charge in [0, 0.05) is 18.8 Å². The summed E-state index contributed by atoms with van der Waals surface area (Å²) in [5.74, 6) is 0.259. The summed E-state index contributed by atoms with van der Waals surface area (Å²) in [6, 6.07) is 6.29. The second-order valence-corrected chi connectivity index (χ2v) is 6.27. The van der Waals surface area contributed by atoms with Crippen molar-refractivity contribution in [3.8, 4) is 0 Å². The van der Waals surface area contributed by atoms with E-state index >= 15 is 0 Å². The Hall–Kier alpha value is -1.11. The normalized spacial score (nSPS) is 20.8. The highest BCUT2D eigenvalue weighted by atomic mass is 32.2. The molecule has 0 aliphatic carbocycles. The van der Waals surface area contributed by atoms with Gasteiger partial charge in [-0.05, 0) is 37.0 Å². The summed E-state index contributed by atoms with van der Waals surface area (Å²) >= 11 is 0. The molecule has 1 aromatic rings. The fraction of sp³-hybridized carbons (Fsp3) is 0.500. The molecular formula is C12H18N2O3S. The maximum Gasteiger partial charge on any atom is 0.240 e.